The zero-order valence-electron chi connectivity index (χ0n) is 11.4. The average Bonchev–Trinajstić information content (AvgIpc) is 2.58. The highest BCUT2D eigenvalue weighted by molar-refractivity contribution is 5.76. The highest BCUT2D eigenvalue weighted by Crippen LogP contribution is 2.25. The van der Waals surface area contributed by atoms with Gasteiger partial charge in [-0.25, -0.2) is 4.79 Å². The van der Waals surface area contributed by atoms with Gasteiger partial charge in [-0.3, -0.25) is 4.79 Å². The molecule has 1 rings (SSSR count). The first-order chi connectivity index (χ1) is 8.26. The first kappa shape index (κ1) is 14.8. The van der Waals surface area contributed by atoms with Gasteiger partial charge in [-0.05, 0) is 20.3 Å². The van der Waals surface area contributed by atoms with Crippen molar-refractivity contribution in [2.24, 2.45) is 5.92 Å². The minimum absolute atomic E-state index is 0.0354. The lowest BCUT2D eigenvalue weighted by molar-refractivity contribution is -0.141. The van der Waals surface area contributed by atoms with Crippen molar-refractivity contribution in [1.29, 1.82) is 0 Å². The predicted molar refractivity (Wildman–Crippen MR) is 66.4 cm³/mol. The van der Waals surface area contributed by atoms with Crippen molar-refractivity contribution in [1.82, 2.24) is 10.2 Å². The van der Waals surface area contributed by atoms with Gasteiger partial charge in [0.1, 0.15) is 0 Å². The summed E-state index contributed by atoms with van der Waals surface area (Å²) in [6, 6.07) is -0.261. The molecule has 1 heterocycles. The Morgan fingerprint density at radius 1 is 1.61 bits per heavy atom. The summed E-state index contributed by atoms with van der Waals surface area (Å²) in [6.45, 7) is 6.26. The van der Waals surface area contributed by atoms with Gasteiger partial charge in [0.2, 0.25) is 0 Å². The van der Waals surface area contributed by atoms with Gasteiger partial charge in [-0.15, -0.1) is 0 Å². The van der Waals surface area contributed by atoms with Gasteiger partial charge in [0.05, 0.1) is 17.6 Å². The van der Waals surface area contributed by atoms with Crippen molar-refractivity contribution in [2.75, 3.05) is 20.2 Å². The van der Waals surface area contributed by atoms with Crippen LogP contribution in [0.2, 0.25) is 0 Å². The summed E-state index contributed by atoms with van der Waals surface area (Å²) < 4.78 is 5.44. The van der Waals surface area contributed by atoms with Gasteiger partial charge in [0.25, 0.3) is 0 Å². The molecule has 2 N–H and O–H groups in total. The van der Waals surface area contributed by atoms with Gasteiger partial charge >= 0.3 is 12.0 Å². The Morgan fingerprint density at radius 2 is 2.22 bits per heavy atom. The summed E-state index contributed by atoms with van der Waals surface area (Å²) >= 11 is 0. The van der Waals surface area contributed by atoms with Crippen molar-refractivity contribution < 1.29 is 19.4 Å². The Hall–Kier alpha value is -1.30. The third kappa shape index (κ3) is 3.35. The van der Waals surface area contributed by atoms with Crippen LogP contribution in [0.4, 0.5) is 4.79 Å². The molecule has 3 unspecified atom stereocenters. The zero-order chi connectivity index (χ0) is 13.9. The number of hydrogen-bond donors (Lipinski definition) is 2. The van der Waals surface area contributed by atoms with E-state index < -0.39 is 11.9 Å². The molecule has 0 aromatic rings. The van der Waals surface area contributed by atoms with Crippen LogP contribution in [0.3, 0.4) is 0 Å². The molecule has 0 aromatic carbocycles. The van der Waals surface area contributed by atoms with Gasteiger partial charge in [-0.1, -0.05) is 6.92 Å². The summed E-state index contributed by atoms with van der Waals surface area (Å²) in [4.78, 5) is 24.1. The lowest BCUT2D eigenvalue weighted by atomic mass is 9.95. The maximum atomic E-state index is 12.0. The molecule has 0 bridgehead atoms. The highest BCUT2D eigenvalue weighted by atomic mass is 16.5. The van der Waals surface area contributed by atoms with E-state index in [2.05, 4.69) is 5.32 Å². The van der Waals surface area contributed by atoms with Gasteiger partial charge < -0.3 is 20.1 Å². The Labute approximate surface area is 107 Å². The molecule has 2 amide bonds. The predicted octanol–water partition coefficient (Wildman–Crippen LogP) is 0.916. The van der Waals surface area contributed by atoms with Crippen LogP contribution in [0, 0.1) is 5.92 Å². The van der Waals surface area contributed by atoms with Crippen molar-refractivity contribution in [3.63, 3.8) is 0 Å². The molecule has 1 aliphatic heterocycles. The first-order valence-corrected chi connectivity index (χ1v) is 6.14. The van der Waals surface area contributed by atoms with E-state index >= 15 is 0 Å². The maximum Gasteiger partial charge on any atom is 0.317 e. The Balaban J connectivity index is 2.52. The second-order valence-corrected chi connectivity index (χ2v) is 5.23. The summed E-state index contributed by atoms with van der Waals surface area (Å²) in [6.07, 6.45) is 0.731. The Kier molecular flexibility index (Phi) is 4.56. The molecule has 0 spiro atoms. The molecule has 6 nitrogen and oxygen atoms in total. The van der Waals surface area contributed by atoms with E-state index in [0.29, 0.717) is 6.61 Å². The third-order valence-electron chi connectivity index (χ3n) is 3.59. The number of aliphatic carboxylic acids is 1. The number of hydrogen-bond acceptors (Lipinski definition) is 3. The molecule has 1 fully saturated rings. The number of nitrogens with one attached hydrogen (secondary N) is 1. The van der Waals surface area contributed by atoms with Crippen LogP contribution in [-0.4, -0.2) is 53.8 Å². The number of carboxylic acids is 1. The zero-order valence-corrected chi connectivity index (χ0v) is 11.4. The molecular weight excluding hydrogens is 236 g/mol. The van der Waals surface area contributed by atoms with E-state index in [-0.39, 0.29) is 24.2 Å². The van der Waals surface area contributed by atoms with Crippen LogP contribution >= 0.6 is 0 Å². The van der Waals surface area contributed by atoms with Crippen LogP contribution in [-0.2, 0) is 9.53 Å². The fraction of sp³-hybridized carbons (Fsp3) is 0.833. The molecule has 104 valence electrons. The quantitative estimate of drug-likeness (QED) is 0.785. The molecule has 0 aromatic heterocycles. The lowest BCUT2D eigenvalue weighted by Crippen LogP contribution is -2.54. The molecule has 0 aliphatic carbocycles. The van der Waals surface area contributed by atoms with Gasteiger partial charge in [0, 0.05) is 20.2 Å². The van der Waals surface area contributed by atoms with E-state index in [1.165, 1.54) is 4.90 Å². The highest BCUT2D eigenvalue weighted by Gasteiger charge is 2.39. The summed E-state index contributed by atoms with van der Waals surface area (Å²) in [5.41, 5.74) is -0.377. The van der Waals surface area contributed by atoms with Crippen molar-refractivity contribution in [3.8, 4) is 0 Å². The second-order valence-electron chi connectivity index (χ2n) is 5.23. The number of carbonyl (C=O) groups is 2. The number of carboxylic acid groups (broad SMARTS) is 1. The molecule has 3 atom stereocenters. The fourth-order valence-corrected chi connectivity index (χ4v) is 1.91. The molecular formula is C12H22N2O4. The summed E-state index contributed by atoms with van der Waals surface area (Å²) in [5, 5.41) is 11.7. The van der Waals surface area contributed by atoms with E-state index in [4.69, 9.17) is 9.84 Å². The topological polar surface area (TPSA) is 78.9 Å². The number of carbonyl (C=O) groups excluding carboxylic acids is 1. The second kappa shape index (κ2) is 5.56. The number of urea groups is 1. The smallest absolute Gasteiger partial charge is 0.317 e. The fourth-order valence-electron chi connectivity index (χ4n) is 1.91. The molecule has 0 radical (unpaired) electrons. The summed E-state index contributed by atoms with van der Waals surface area (Å²) in [5.74, 6) is -1.48. The number of amides is 2. The molecule has 18 heavy (non-hydrogen) atoms. The lowest BCUT2D eigenvalue weighted by Gasteiger charge is -2.31. The molecule has 0 saturated carbocycles. The third-order valence-corrected chi connectivity index (χ3v) is 3.59. The average molecular weight is 258 g/mol. The van der Waals surface area contributed by atoms with Gasteiger partial charge in [-0.2, -0.15) is 0 Å². The van der Waals surface area contributed by atoms with Crippen molar-refractivity contribution >= 4 is 12.0 Å². The minimum atomic E-state index is -0.904. The Morgan fingerprint density at radius 3 is 2.67 bits per heavy atom. The van der Waals surface area contributed by atoms with Crippen LogP contribution in [0.5, 0.6) is 0 Å². The van der Waals surface area contributed by atoms with E-state index in [1.54, 1.807) is 14.0 Å². The summed E-state index contributed by atoms with van der Waals surface area (Å²) in [7, 11) is 1.60. The van der Waals surface area contributed by atoms with Crippen LogP contribution in [0.1, 0.15) is 27.2 Å². The van der Waals surface area contributed by atoms with E-state index in [1.807, 2.05) is 13.8 Å². The standard InChI is InChI=1S/C12H22N2O4/c1-8(10(15)16)7-14(4)11(17)13-12(3)5-6-18-9(12)2/h8-9H,5-7H2,1-4H3,(H,13,17)(H,15,16). The molecule has 6 heteroatoms. The first-order valence-electron chi connectivity index (χ1n) is 6.14. The normalized spacial score (nSPS) is 28.8. The minimum Gasteiger partial charge on any atom is -0.481 e. The number of rotatable bonds is 4. The van der Waals surface area contributed by atoms with Crippen LogP contribution in [0.15, 0.2) is 0 Å². The Bertz CT molecular complexity index is 334. The van der Waals surface area contributed by atoms with Crippen LogP contribution in [0.25, 0.3) is 0 Å². The largest absolute Gasteiger partial charge is 0.481 e. The van der Waals surface area contributed by atoms with E-state index in [9.17, 15) is 9.59 Å². The number of nitrogens with zero attached hydrogens (tertiary/aromatic N) is 1. The molecule has 1 saturated heterocycles. The number of ether oxygens (including phenoxy) is 1. The maximum absolute atomic E-state index is 12.0. The molecule has 1 aliphatic rings. The monoisotopic (exact) mass is 258 g/mol. The van der Waals surface area contributed by atoms with Crippen molar-refractivity contribution in [2.45, 2.75) is 38.8 Å². The van der Waals surface area contributed by atoms with Crippen LogP contribution < -0.4 is 5.32 Å². The van der Waals surface area contributed by atoms with Gasteiger partial charge in [0.15, 0.2) is 0 Å². The SMILES string of the molecule is CC(CN(C)C(=O)NC1(C)CCOC1C)C(=O)O. The van der Waals surface area contributed by atoms with Crippen molar-refractivity contribution in [3.05, 3.63) is 0 Å². The van der Waals surface area contributed by atoms with E-state index in [0.717, 1.165) is 6.42 Å².